The van der Waals surface area contributed by atoms with E-state index in [1.807, 2.05) is 0 Å². The van der Waals surface area contributed by atoms with Gasteiger partial charge in [-0.15, -0.1) is 0 Å². The van der Waals surface area contributed by atoms with Crippen LogP contribution in [0.4, 0.5) is 5.69 Å². The summed E-state index contributed by atoms with van der Waals surface area (Å²) in [7, 11) is 0. The average Bonchev–Trinajstić information content (AvgIpc) is 2.73. The molecule has 2 aliphatic heterocycles. The van der Waals surface area contributed by atoms with Crippen LogP contribution in [0.15, 0.2) is 24.3 Å². The lowest BCUT2D eigenvalue weighted by molar-refractivity contribution is -0.538. The number of anilines is 1. The van der Waals surface area contributed by atoms with Crippen molar-refractivity contribution in [1.29, 1.82) is 0 Å². The molecule has 0 radical (unpaired) electrons. The topological polar surface area (TPSA) is 6.25 Å². The number of fused-ring (bicyclic) bond motifs is 1. The highest BCUT2D eigenvalue weighted by atomic mass is 15.3. The van der Waals surface area contributed by atoms with E-state index < -0.39 is 0 Å². The van der Waals surface area contributed by atoms with Gasteiger partial charge in [0.15, 0.2) is 0 Å². The van der Waals surface area contributed by atoms with Gasteiger partial charge in [0.1, 0.15) is 12.2 Å². The molecule has 0 saturated carbocycles. The fraction of sp³-hybridized carbons (Fsp3) is 0.462. The van der Waals surface area contributed by atoms with Crippen molar-refractivity contribution in [3.05, 3.63) is 29.8 Å². The molecule has 0 saturated heterocycles. The van der Waals surface area contributed by atoms with Gasteiger partial charge in [-0.25, -0.2) is 4.90 Å². The summed E-state index contributed by atoms with van der Waals surface area (Å²) in [5.74, 6) is 1.54. The van der Waals surface area contributed by atoms with Crippen LogP contribution >= 0.6 is 0 Å². The highest BCUT2D eigenvalue weighted by molar-refractivity contribution is 5.96. The fourth-order valence-electron chi connectivity index (χ4n) is 2.80. The van der Waals surface area contributed by atoms with Crippen LogP contribution in [-0.4, -0.2) is 23.5 Å². The Morgan fingerprint density at radius 2 is 2.20 bits per heavy atom. The van der Waals surface area contributed by atoms with Crippen molar-refractivity contribution in [2.45, 2.75) is 26.3 Å². The monoisotopic (exact) mass is 201 g/mol. The molecule has 1 aromatic carbocycles. The lowest BCUT2D eigenvalue weighted by atomic mass is 10.1. The molecule has 0 amide bonds. The zero-order chi connectivity index (χ0) is 10.3. The number of nitrogens with zero attached hydrogens (tertiary/aromatic N) is 2. The molecule has 0 fully saturated rings. The zero-order valence-electron chi connectivity index (χ0n) is 9.24. The minimum atomic E-state index is 1.09. The maximum atomic E-state index is 2.53. The lowest BCUT2D eigenvalue weighted by Crippen LogP contribution is -2.39. The molecule has 2 heterocycles. The predicted octanol–water partition coefficient (Wildman–Crippen LogP) is 2.23. The molecule has 0 bridgehead atoms. The van der Waals surface area contributed by atoms with Crippen molar-refractivity contribution < 1.29 is 4.58 Å². The number of rotatable bonds is 1. The van der Waals surface area contributed by atoms with Crippen LogP contribution in [0.1, 0.15) is 25.3 Å². The van der Waals surface area contributed by atoms with Crippen molar-refractivity contribution in [3.63, 3.8) is 0 Å². The van der Waals surface area contributed by atoms with Gasteiger partial charge >= 0.3 is 0 Å². The van der Waals surface area contributed by atoms with E-state index in [1.165, 1.54) is 36.5 Å². The molecule has 15 heavy (non-hydrogen) atoms. The third kappa shape index (κ3) is 1.28. The average molecular weight is 201 g/mol. The smallest absolute Gasteiger partial charge is 0.252 e. The van der Waals surface area contributed by atoms with Gasteiger partial charge in [-0.2, -0.15) is 0 Å². The Kier molecular flexibility index (Phi) is 2.01. The summed E-state index contributed by atoms with van der Waals surface area (Å²) < 4.78 is 2.53. The molecule has 0 aliphatic carbocycles. The second-order valence-electron chi connectivity index (χ2n) is 4.31. The molecular weight excluding hydrogens is 184 g/mol. The van der Waals surface area contributed by atoms with E-state index in [2.05, 4.69) is 40.7 Å². The van der Waals surface area contributed by atoms with Gasteiger partial charge in [0.05, 0.1) is 19.5 Å². The Labute approximate surface area is 90.8 Å². The fourth-order valence-corrected chi connectivity index (χ4v) is 2.80. The van der Waals surface area contributed by atoms with E-state index in [1.54, 1.807) is 0 Å². The highest BCUT2D eigenvalue weighted by Crippen LogP contribution is 2.28. The van der Waals surface area contributed by atoms with E-state index in [-0.39, 0.29) is 0 Å². The van der Waals surface area contributed by atoms with Gasteiger partial charge in [-0.1, -0.05) is 18.2 Å². The Balaban J connectivity index is 2.10. The van der Waals surface area contributed by atoms with E-state index >= 15 is 0 Å². The summed E-state index contributed by atoms with van der Waals surface area (Å²) >= 11 is 0. The summed E-state index contributed by atoms with van der Waals surface area (Å²) in [6, 6.07) is 8.80. The van der Waals surface area contributed by atoms with Crippen LogP contribution < -0.4 is 4.90 Å². The third-order valence-corrected chi connectivity index (χ3v) is 3.46. The molecule has 78 valence electrons. The van der Waals surface area contributed by atoms with Crippen LogP contribution in [0.2, 0.25) is 0 Å². The van der Waals surface area contributed by atoms with Crippen LogP contribution in [0, 0.1) is 0 Å². The Morgan fingerprint density at radius 3 is 3.07 bits per heavy atom. The number of benzene rings is 1. The normalized spacial score (nSPS) is 19.1. The maximum absolute atomic E-state index is 2.53. The van der Waals surface area contributed by atoms with Crippen molar-refractivity contribution in [2.24, 2.45) is 0 Å². The SMILES string of the molecule is CCN1C2=[N+](CCC2)Cc2ccccc21. The van der Waals surface area contributed by atoms with Crippen LogP contribution in [0.25, 0.3) is 0 Å². The first kappa shape index (κ1) is 8.96. The molecule has 2 heteroatoms. The van der Waals surface area contributed by atoms with Gasteiger partial charge in [-0.3, -0.25) is 4.58 Å². The second-order valence-corrected chi connectivity index (χ2v) is 4.31. The molecule has 0 unspecified atom stereocenters. The van der Waals surface area contributed by atoms with Gasteiger partial charge in [0, 0.05) is 5.56 Å². The van der Waals surface area contributed by atoms with Crippen LogP contribution in [-0.2, 0) is 6.54 Å². The maximum Gasteiger partial charge on any atom is 0.252 e. The Hall–Kier alpha value is -1.31. The first-order valence-corrected chi connectivity index (χ1v) is 5.86. The van der Waals surface area contributed by atoms with Gasteiger partial charge in [0.2, 0.25) is 0 Å². The first-order chi connectivity index (χ1) is 7.40. The van der Waals surface area contributed by atoms with Crippen molar-refractivity contribution in [1.82, 2.24) is 0 Å². The summed E-state index contributed by atoms with van der Waals surface area (Å²) in [5, 5.41) is 0. The summed E-state index contributed by atoms with van der Waals surface area (Å²) in [5.41, 5.74) is 2.90. The van der Waals surface area contributed by atoms with Crippen LogP contribution in [0.5, 0.6) is 0 Å². The molecule has 3 rings (SSSR count). The third-order valence-electron chi connectivity index (χ3n) is 3.46. The van der Waals surface area contributed by atoms with E-state index in [0.29, 0.717) is 0 Å². The molecule has 0 atom stereocenters. The Morgan fingerprint density at radius 1 is 1.33 bits per heavy atom. The minimum Gasteiger partial charge on any atom is -0.261 e. The van der Waals surface area contributed by atoms with Crippen molar-refractivity contribution in [2.75, 3.05) is 18.0 Å². The predicted molar refractivity (Wildman–Crippen MR) is 62.5 cm³/mol. The number of hydrogen-bond donors (Lipinski definition) is 0. The van der Waals surface area contributed by atoms with Crippen molar-refractivity contribution >= 4 is 11.5 Å². The summed E-state index contributed by atoms with van der Waals surface area (Å²) in [6.45, 7) is 5.68. The molecular formula is C13H17N2+. The number of amidine groups is 1. The van der Waals surface area contributed by atoms with E-state index in [4.69, 9.17) is 0 Å². The summed E-state index contributed by atoms with van der Waals surface area (Å²) in [6.07, 6.45) is 2.57. The van der Waals surface area contributed by atoms with Gasteiger partial charge in [-0.05, 0) is 19.4 Å². The number of para-hydroxylation sites is 1. The molecule has 0 spiro atoms. The first-order valence-electron chi connectivity index (χ1n) is 5.86. The molecule has 2 nitrogen and oxygen atoms in total. The largest absolute Gasteiger partial charge is 0.261 e. The van der Waals surface area contributed by atoms with Crippen LogP contribution in [0.3, 0.4) is 0 Å². The molecule has 2 aliphatic rings. The molecule has 1 aromatic rings. The summed E-state index contributed by atoms with van der Waals surface area (Å²) in [4.78, 5) is 2.48. The minimum absolute atomic E-state index is 1.09. The molecule has 0 N–H and O–H groups in total. The zero-order valence-corrected chi connectivity index (χ0v) is 9.24. The van der Waals surface area contributed by atoms with Gasteiger partial charge < -0.3 is 0 Å². The highest BCUT2D eigenvalue weighted by Gasteiger charge is 2.33. The van der Waals surface area contributed by atoms with Gasteiger partial charge in [0.25, 0.3) is 5.84 Å². The molecule has 0 aromatic heterocycles. The van der Waals surface area contributed by atoms with Crippen molar-refractivity contribution in [3.8, 4) is 0 Å². The second kappa shape index (κ2) is 3.37. The van der Waals surface area contributed by atoms with E-state index in [0.717, 1.165) is 13.1 Å². The quantitative estimate of drug-likeness (QED) is 0.631. The standard InChI is InChI=1S/C13H17N2/c1-2-15-12-7-4-3-6-11(12)10-14-9-5-8-13(14)15/h3-4,6-7H,2,5,8-10H2,1H3/q+1. The van der Waals surface area contributed by atoms with E-state index in [9.17, 15) is 0 Å². The lowest BCUT2D eigenvalue weighted by Gasteiger charge is -2.24. The Bertz CT molecular complexity index is 420. The number of hydrogen-bond acceptors (Lipinski definition) is 1.